The van der Waals surface area contributed by atoms with Crippen LogP contribution < -0.4 is 5.32 Å². The number of halogens is 4. The van der Waals surface area contributed by atoms with E-state index in [0.29, 0.717) is 6.61 Å². The van der Waals surface area contributed by atoms with Crippen LogP contribution in [0.25, 0.3) is 0 Å². The molecule has 1 atom stereocenters. The van der Waals surface area contributed by atoms with E-state index in [1.165, 1.54) is 7.11 Å². The van der Waals surface area contributed by atoms with Gasteiger partial charge in [0.05, 0.1) is 6.61 Å². The molecule has 0 saturated carbocycles. The zero-order chi connectivity index (χ0) is 13.0. The van der Waals surface area contributed by atoms with Gasteiger partial charge >= 0.3 is 0 Å². The van der Waals surface area contributed by atoms with Crippen LogP contribution in [-0.2, 0) is 4.74 Å². The number of nitrogens with one attached hydrogen (secondary N) is 1. The maximum Gasteiger partial charge on any atom is 0.253 e. The summed E-state index contributed by atoms with van der Waals surface area (Å²) in [6, 6.07) is 0. The van der Waals surface area contributed by atoms with Crippen molar-refractivity contribution in [3.05, 3.63) is 23.5 Å². The Morgan fingerprint density at radius 2 is 1.71 bits per heavy atom. The number of hydrogen-bond acceptors (Lipinski definition) is 3. The van der Waals surface area contributed by atoms with E-state index >= 15 is 0 Å². The molecule has 1 unspecified atom stereocenters. The summed E-state index contributed by atoms with van der Waals surface area (Å²) in [6.07, 6.45) is 0. The Morgan fingerprint density at radius 3 is 2.18 bits per heavy atom. The Labute approximate surface area is 95.8 Å². The quantitative estimate of drug-likeness (QED) is 0.645. The van der Waals surface area contributed by atoms with Gasteiger partial charge in [-0.05, 0) is 5.92 Å². The lowest BCUT2D eigenvalue weighted by Crippen LogP contribution is -2.18. The molecule has 0 aromatic carbocycles. The Morgan fingerprint density at radius 1 is 1.18 bits per heavy atom. The number of rotatable bonds is 5. The van der Waals surface area contributed by atoms with Crippen molar-refractivity contribution in [2.24, 2.45) is 5.92 Å². The van der Waals surface area contributed by atoms with E-state index < -0.39 is 29.2 Å². The third kappa shape index (κ3) is 3.29. The first-order valence-corrected chi connectivity index (χ1v) is 4.90. The maximum absolute atomic E-state index is 13.1. The summed E-state index contributed by atoms with van der Waals surface area (Å²) >= 11 is 0. The number of hydrogen-bond donors (Lipinski definition) is 1. The fraction of sp³-hybridized carbons (Fsp3) is 0.500. The van der Waals surface area contributed by atoms with Crippen LogP contribution in [0.15, 0.2) is 0 Å². The molecule has 0 amide bonds. The topological polar surface area (TPSA) is 34.1 Å². The summed E-state index contributed by atoms with van der Waals surface area (Å²) in [5.74, 6) is -6.49. The second-order valence-corrected chi connectivity index (χ2v) is 3.64. The maximum atomic E-state index is 13.1. The summed E-state index contributed by atoms with van der Waals surface area (Å²) < 4.78 is 56.6. The smallest absolute Gasteiger partial charge is 0.253 e. The van der Waals surface area contributed by atoms with Gasteiger partial charge in [0.15, 0.2) is 0 Å². The molecule has 0 saturated heterocycles. The van der Waals surface area contributed by atoms with Crippen LogP contribution in [0.5, 0.6) is 0 Å². The van der Waals surface area contributed by atoms with Crippen LogP contribution in [0.1, 0.15) is 6.92 Å². The van der Waals surface area contributed by atoms with Crippen molar-refractivity contribution >= 4 is 5.69 Å². The normalized spacial score (nSPS) is 12.6. The zero-order valence-corrected chi connectivity index (χ0v) is 9.36. The molecule has 0 bridgehead atoms. The second-order valence-electron chi connectivity index (χ2n) is 3.64. The Bertz CT molecular complexity index is 374. The molecule has 0 aliphatic carbocycles. The Balaban J connectivity index is 2.83. The minimum atomic E-state index is -1.68. The first-order valence-electron chi connectivity index (χ1n) is 4.90. The predicted octanol–water partition coefficient (Wildman–Crippen LogP) is 2.33. The van der Waals surface area contributed by atoms with Crippen LogP contribution in [0.4, 0.5) is 23.2 Å². The van der Waals surface area contributed by atoms with Crippen LogP contribution in [0.3, 0.4) is 0 Å². The van der Waals surface area contributed by atoms with E-state index in [2.05, 4.69) is 10.3 Å². The first-order chi connectivity index (χ1) is 7.97. The Kier molecular flexibility index (Phi) is 4.68. The standard InChI is InChI=1S/C10H12F4N2O/c1-5(4-17-2)3-15-8-6(11)9(13)16-10(14)7(8)12/h5H,3-4H2,1-2H3,(H,15,16). The number of pyridine rings is 1. The molecule has 1 rings (SSSR count). The number of nitrogens with zero attached hydrogens (tertiary/aromatic N) is 1. The van der Waals surface area contributed by atoms with Gasteiger partial charge < -0.3 is 10.1 Å². The largest absolute Gasteiger partial charge is 0.384 e. The van der Waals surface area contributed by atoms with Crippen molar-refractivity contribution in [1.29, 1.82) is 0 Å². The van der Waals surface area contributed by atoms with E-state index in [1.54, 1.807) is 6.92 Å². The number of ether oxygens (including phenoxy) is 1. The third-order valence-corrected chi connectivity index (χ3v) is 2.08. The molecule has 96 valence electrons. The summed E-state index contributed by atoms with van der Waals surface area (Å²) in [4.78, 5) is 2.45. The molecule has 1 N–H and O–H groups in total. The average Bonchev–Trinajstić information content (AvgIpc) is 2.27. The van der Waals surface area contributed by atoms with Gasteiger partial charge in [-0.2, -0.15) is 22.5 Å². The Hall–Kier alpha value is -1.37. The molecule has 1 aromatic heterocycles. The molecule has 0 aliphatic heterocycles. The van der Waals surface area contributed by atoms with Crippen LogP contribution in [-0.4, -0.2) is 25.2 Å². The van der Waals surface area contributed by atoms with Crippen LogP contribution in [0.2, 0.25) is 0 Å². The highest BCUT2D eigenvalue weighted by Gasteiger charge is 2.20. The second kappa shape index (κ2) is 5.81. The van der Waals surface area contributed by atoms with Gasteiger partial charge in [-0.1, -0.05) is 6.92 Å². The van der Waals surface area contributed by atoms with Crippen LogP contribution in [0, 0.1) is 29.4 Å². The summed E-state index contributed by atoms with van der Waals surface area (Å²) in [6.45, 7) is 2.22. The van der Waals surface area contributed by atoms with Crippen molar-refractivity contribution in [1.82, 2.24) is 4.98 Å². The lowest BCUT2D eigenvalue weighted by Gasteiger charge is -2.13. The van der Waals surface area contributed by atoms with E-state index in [4.69, 9.17) is 4.74 Å². The van der Waals surface area contributed by atoms with Gasteiger partial charge in [-0.25, -0.2) is 0 Å². The van der Waals surface area contributed by atoms with E-state index in [1.807, 2.05) is 0 Å². The van der Waals surface area contributed by atoms with Crippen molar-refractivity contribution in [3.8, 4) is 0 Å². The molecular formula is C10H12F4N2O. The minimum Gasteiger partial charge on any atom is -0.384 e. The zero-order valence-electron chi connectivity index (χ0n) is 9.36. The lowest BCUT2D eigenvalue weighted by molar-refractivity contribution is 0.164. The summed E-state index contributed by atoms with van der Waals surface area (Å²) in [7, 11) is 1.48. The fourth-order valence-corrected chi connectivity index (χ4v) is 1.26. The fourth-order valence-electron chi connectivity index (χ4n) is 1.26. The third-order valence-electron chi connectivity index (χ3n) is 2.08. The van der Waals surface area contributed by atoms with Crippen LogP contribution >= 0.6 is 0 Å². The number of aromatic nitrogens is 1. The molecule has 3 nitrogen and oxygen atoms in total. The van der Waals surface area contributed by atoms with E-state index in [-0.39, 0.29) is 12.5 Å². The SMILES string of the molecule is COCC(C)CNc1c(F)c(F)nc(F)c1F. The monoisotopic (exact) mass is 252 g/mol. The number of methoxy groups -OCH3 is 1. The van der Waals surface area contributed by atoms with Crippen molar-refractivity contribution < 1.29 is 22.3 Å². The molecule has 0 fully saturated rings. The summed E-state index contributed by atoms with van der Waals surface area (Å²) in [5.41, 5.74) is -0.849. The van der Waals surface area contributed by atoms with Gasteiger partial charge in [0.25, 0.3) is 11.9 Å². The molecule has 7 heteroatoms. The van der Waals surface area contributed by atoms with Crippen molar-refractivity contribution in [3.63, 3.8) is 0 Å². The molecule has 0 aliphatic rings. The molecular weight excluding hydrogens is 240 g/mol. The highest BCUT2D eigenvalue weighted by Crippen LogP contribution is 2.22. The minimum absolute atomic E-state index is 0.0712. The highest BCUT2D eigenvalue weighted by molar-refractivity contribution is 5.45. The van der Waals surface area contributed by atoms with Gasteiger partial charge in [0.2, 0.25) is 11.6 Å². The van der Waals surface area contributed by atoms with Crippen molar-refractivity contribution in [2.75, 3.05) is 25.6 Å². The van der Waals surface area contributed by atoms with E-state index in [9.17, 15) is 17.6 Å². The molecule has 17 heavy (non-hydrogen) atoms. The number of anilines is 1. The molecule has 0 spiro atoms. The molecule has 1 aromatic rings. The lowest BCUT2D eigenvalue weighted by atomic mass is 10.2. The molecule has 1 heterocycles. The highest BCUT2D eigenvalue weighted by atomic mass is 19.2. The van der Waals surface area contributed by atoms with Gasteiger partial charge in [0.1, 0.15) is 5.69 Å². The van der Waals surface area contributed by atoms with Gasteiger partial charge in [-0.15, -0.1) is 0 Å². The van der Waals surface area contributed by atoms with Gasteiger partial charge in [-0.3, -0.25) is 0 Å². The average molecular weight is 252 g/mol. The first kappa shape index (κ1) is 13.7. The van der Waals surface area contributed by atoms with Crippen molar-refractivity contribution in [2.45, 2.75) is 6.92 Å². The molecule has 0 radical (unpaired) electrons. The van der Waals surface area contributed by atoms with Gasteiger partial charge in [0, 0.05) is 13.7 Å². The summed E-state index contributed by atoms with van der Waals surface area (Å²) in [5, 5.41) is 2.30. The van der Waals surface area contributed by atoms with E-state index in [0.717, 1.165) is 0 Å². The predicted molar refractivity (Wildman–Crippen MR) is 53.6 cm³/mol.